The van der Waals surface area contributed by atoms with Gasteiger partial charge in [0.15, 0.2) is 7.28 Å². The Morgan fingerprint density at radius 1 is 0.492 bits per heavy atom. The molecule has 12 rings (SSSR count). The van der Waals surface area contributed by atoms with E-state index in [0.717, 1.165) is 56.6 Å². The van der Waals surface area contributed by atoms with Crippen LogP contribution in [-0.2, 0) is 5.41 Å². The number of rotatable bonds is 9. The number of hydrogen-bond acceptors (Lipinski definition) is 3. The van der Waals surface area contributed by atoms with E-state index in [-0.39, 0.29) is 5.41 Å². The van der Waals surface area contributed by atoms with Crippen molar-refractivity contribution in [3.8, 4) is 16.8 Å². The molecule has 299 valence electrons. The summed E-state index contributed by atoms with van der Waals surface area (Å²) in [5.74, 6) is 0. The van der Waals surface area contributed by atoms with Crippen LogP contribution >= 0.6 is 0 Å². The summed E-state index contributed by atoms with van der Waals surface area (Å²) in [5, 5.41) is 6.47. The Balaban J connectivity index is 1.20. The zero-order valence-corrected chi connectivity index (χ0v) is 35.5. The molecule has 1 N–H and O–H groups in total. The van der Waals surface area contributed by atoms with Crippen LogP contribution in [0.1, 0.15) is 30.5 Å². The number of nitrogens with one attached hydrogen (secondary N) is 1. The van der Waals surface area contributed by atoms with Crippen LogP contribution in [0.25, 0.3) is 38.6 Å². The maximum absolute atomic E-state index is 3.95. The minimum atomic E-state index is -0.188. The highest BCUT2D eigenvalue weighted by atomic mass is 15.2. The standard InChI is InChI=1S/C58H44BN4/c1-38-30-32-39(33-31-38)60-51-36-44(61(40-18-8-4-9-19-40)41-20-10-5-11-21-41)34-35-45(51)47-37-52(62(42-22-12-6-13-23-42)43-24-14-7-15-25-43)53-46-26-16-27-48-55(46)63-56-49(58(48,2)3)28-17-29-50(56)59-54(47)57(53)63/h4-37,60H,1-3H3. The molecule has 1 radical (unpaired) electrons. The van der Waals surface area contributed by atoms with E-state index in [4.69, 9.17) is 0 Å². The number of aryl methyl sites for hydroxylation is 1. The number of hydrogen-bond donors (Lipinski definition) is 1. The second-order valence-corrected chi connectivity index (χ2v) is 17.4. The number of benzene rings is 9. The number of anilines is 8. The number of nitrogens with zero attached hydrogens (tertiary/aromatic N) is 3. The van der Waals surface area contributed by atoms with Gasteiger partial charge in [0.25, 0.3) is 0 Å². The lowest BCUT2D eigenvalue weighted by atomic mass is 9.57. The Morgan fingerprint density at radius 2 is 1.06 bits per heavy atom. The fraction of sp³-hybridized carbons (Fsp3) is 0.0690. The molecule has 0 saturated carbocycles. The van der Waals surface area contributed by atoms with Gasteiger partial charge in [0.1, 0.15) is 0 Å². The second kappa shape index (κ2) is 14.4. The maximum atomic E-state index is 3.95. The average Bonchev–Trinajstić information content (AvgIpc) is 3.68. The third kappa shape index (κ3) is 5.84. The molecule has 0 saturated heterocycles. The first-order valence-corrected chi connectivity index (χ1v) is 21.9. The lowest BCUT2D eigenvalue weighted by Gasteiger charge is -2.38. The Bertz CT molecular complexity index is 3280. The zero-order valence-electron chi connectivity index (χ0n) is 35.5. The summed E-state index contributed by atoms with van der Waals surface area (Å²) in [6.45, 7) is 6.92. The molecule has 1 aromatic heterocycles. The molecule has 0 spiro atoms. The number of fused-ring (bicyclic) bond motifs is 1. The first-order valence-electron chi connectivity index (χ1n) is 21.9. The molecular weight excluding hydrogens is 763 g/mol. The summed E-state index contributed by atoms with van der Waals surface area (Å²) in [6.07, 6.45) is 0. The first kappa shape index (κ1) is 37.0. The summed E-state index contributed by atoms with van der Waals surface area (Å²) < 4.78 is 2.61. The van der Waals surface area contributed by atoms with Crippen molar-refractivity contribution >= 4 is 85.5 Å². The topological polar surface area (TPSA) is 23.4 Å². The Morgan fingerprint density at radius 3 is 1.68 bits per heavy atom. The Hall–Kier alpha value is -7.76. The molecule has 5 heteroatoms. The predicted molar refractivity (Wildman–Crippen MR) is 267 cm³/mol. The highest BCUT2D eigenvalue weighted by Crippen LogP contribution is 2.52. The molecule has 2 aliphatic heterocycles. The number of para-hydroxylation sites is 6. The summed E-state index contributed by atoms with van der Waals surface area (Å²) >= 11 is 0. The molecule has 0 atom stereocenters. The van der Waals surface area contributed by atoms with Crippen molar-refractivity contribution in [2.75, 3.05) is 15.1 Å². The van der Waals surface area contributed by atoms with E-state index < -0.39 is 0 Å². The molecule has 0 bridgehead atoms. The second-order valence-electron chi connectivity index (χ2n) is 17.4. The van der Waals surface area contributed by atoms with E-state index in [1.165, 1.54) is 55.1 Å². The average molecular weight is 808 g/mol. The zero-order chi connectivity index (χ0) is 42.2. The van der Waals surface area contributed by atoms with Gasteiger partial charge in [-0.05, 0) is 108 Å². The van der Waals surface area contributed by atoms with Crippen LogP contribution < -0.4 is 26.0 Å². The Kier molecular flexibility index (Phi) is 8.48. The molecule has 0 unspecified atom stereocenters. The molecule has 4 nitrogen and oxygen atoms in total. The van der Waals surface area contributed by atoms with Gasteiger partial charge in [0.2, 0.25) is 0 Å². The van der Waals surface area contributed by atoms with Crippen LogP contribution in [0.2, 0.25) is 0 Å². The van der Waals surface area contributed by atoms with Crippen molar-refractivity contribution in [3.05, 3.63) is 223 Å². The van der Waals surface area contributed by atoms with Crippen molar-refractivity contribution in [2.24, 2.45) is 0 Å². The largest absolute Gasteiger partial charge is 0.355 e. The number of aromatic nitrogens is 1. The van der Waals surface area contributed by atoms with Gasteiger partial charge in [-0.1, -0.05) is 152 Å². The van der Waals surface area contributed by atoms with E-state index in [1.54, 1.807) is 0 Å². The molecule has 10 aromatic rings. The predicted octanol–water partition coefficient (Wildman–Crippen LogP) is 14.1. The SMILES string of the molecule is Cc1ccc(Nc2cc(N(c3ccccc3)c3ccccc3)ccc2-c2cc(N(c3ccccc3)c3ccccc3)c3c4cccc5c4n4c3c2[B]c2cccc(c2-4)C5(C)C)cc1. The molecule has 2 aliphatic rings. The van der Waals surface area contributed by atoms with Crippen LogP contribution in [-0.4, -0.2) is 11.8 Å². The van der Waals surface area contributed by atoms with Gasteiger partial charge in [-0.2, -0.15) is 0 Å². The molecular formula is C58H44BN4. The van der Waals surface area contributed by atoms with Gasteiger partial charge in [-0.15, -0.1) is 0 Å². The summed E-state index contributed by atoms with van der Waals surface area (Å²) in [6, 6.07) is 74.9. The van der Waals surface area contributed by atoms with E-state index in [1.807, 2.05) is 0 Å². The van der Waals surface area contributed by atoms with Gasteiger partial charge in [0, 0.05) is 67.2 Å². The highest BCUT2D eigenvalue weighted by molar-refractivity contribution is 6.74. The normalized spacial score (nSPS) is 12.9. The van der Waals surface area contributed by atoms with Crippen molar-refractivity contribution in [2.45, 2.75) is 26.2 Å². The van der Waals surface area contributed by atoms with Crippen LogP contribution in [0, 0.1) is 6.92 Å². The van der Waals surface area contributed by atoms with E-state index in [2.05, 4.69) is 254 Å². The van der Waals surface area contributed by atoms with Gasteiger partial charge < -0.3 is 19.7 Å². The lowest BCUT2D eigenvalue weighted by molar-refractivity contribution is 0.631. The van der Waals surface area contributed by atoms with Gasteiger partial charge in [-0.25, -0.2) is 0 Å². The van der Waals surface area contributed by atoms with Crippen molar-refractivity contribution in [3.63, 3.8) is 0 Å². The summed E-state index contributed by atoms with van der Waals surface area (Å²) in [5.41, 5.74) is 20.9. The molecule has 3 heterocycles. The first-order chi connectivity index (χ1) is 30.9. The van der Waals surface area contributed by atoms with Gasteiger partial charge in [-0.3, -0.25) is 0 Å². The van der Waals surface area contributed by atoms with E-state index in [0.29, 0.717) is 0 Å². The molecule has 63 heavy (non-hydrogen) atoms. The summed E-state index contributed by atoms with van der Waals surface area (Å²) in [7, 11) is 2.46. The highest BCUT2D eigenvalue weighted by Gasteiger charge is 2.40. The molecule has 0 fully saturated rings. The lowest BCUT2D eigenvalue weighted by Crippen LogP contribution is -2.41. The molecule has 0 aliphatic carbocycles. The fourth-order valence-electron chi connectivity index (χ4n) is 10.3. The van der Waals surface area contributed by atoms with Gasteiger partial charge in [0.05, 0.1) is 16.7 Å². The van der Waals surface area contributed by atoms with Crippen molar-refractivity contribution in [1.82, 2.24) is 4.57 Å². The van der Waals surface area contributed by atoms with Crippen molar-refractivity contribution in [1.29, 1.82) is 0 Å². The smallest absolute Gasteiger partial charge is 0.197 e. The van der Waals surface area contributed by atoms with Crippen molar-refractivity contribution < 1.29 is 0 Å². The quantitative estimate of drug-likeness (QED) is 0.147. The third-order valence-corrected chi connectivity index (χ3v) is 13.2. The van der Waals surface area contributed by atoms with E-state index >= 15 is 0 Å². The fourth-order valence-corrected chi connectivity index (χ4v) is 10.3. The minimum absolute atomic E-state index is 0.188. The molecule has 0 amide bonds. The van der Waals surface area contributed by atoms with Crippen LogP contribution in [0.15, 0.2) is 206 Å². The molecule has 9 aromatic carbocycles. The van der Waals surface area contributed by atoms with Crippen LogP contribution in [0.5, 0.6) is 0 Å². The van der Waals surface area contributed by atoms with Gasteiger partial charge >= 0.3 is 0 Å². The van der Waals surface area contributed by atoms with Crippen LogP contribution in [0.3, 0.4) is 0 Å². The van der Waals surface area contributed by atoms with E-state index in [9.17, 15) is 0 Å². The Labute approximate surface area is 369 Å². The maximum Gasteiger partial charge on any atom is 0.197 e. The minimum Gasteiger partial charge on any atom is -0.355 e. The summed E-state index contributed by atoms with van der Waals surface area (Å²) in [4.78, 5) is 4.80. The van der Waals surface area contributed by atoms with Crippen LogP contribution in [0.4, 0.5) is 45.5 Å². The monoisotopic (exact) mass is 807 g/mol. The third-order valence-electron chi connectivity index (χ3n) is 13.2.